The van der Waals surface area contributed by atoms with Crippen LogP contribution in [0.5, 0.6) is 0 Å². The molecule has 21 heavy (non-hydrogen) atoms. The van der Waals surface area contributed by atoms with Gasteiger partial charge in [-0.1, -0.05) is 35.6 Å². The third kappa shape index (κ3) is 4.63. The van der Waals surface area contributed by atoms with E-state index < -0.39 is 0 Å². The molecule has 2 rings (SSSR count). The average Bonchev–Trinajstić information content (AvgIpc) is 2.89. The number of rotatable bonds is 7. The fraction of sp³-hybridized carbons (Fsp3) is 0.333. The van der Waals surface area contributed by atoms with Crippen molar-refractivity contribution in [2.45, 2.75) is 19.6 Å². The summed E-state index contributed by atoms with van der Waals surface area (Å²) in [7, 11) is 4.10. The molecule has 0 fully saturated rings. The summed E-state index contributed by atoms with van der Waals surface area (Å²) in [6.45, 7) is 2.30. The van der Waals surface area contributed by atoms with Crippen molar-refractivity contribution >= 4 is 16.3 Å². The molecule has 0 radical (unpaired) electrons. The molecular weight excluding hydrogens is 286 g/mol. The Balaban J connectivity index is 1.92. The summed E-state index contributed by atoms with van der Waals surface area (Å²) in [5.41, 5.74) is 3.51. The van der Waals surface area contributed by atoms with Crippen LogP contribution in [0.4, 0.5) is 5.00 Å². The molecule has 1 aromatic carbocycles. The summed E-state index contributed by atoms with van der Waals surface area (Å²) in [4.78, 5) is 12.4. The zero-order chi connectivity index (χ0) is 15.2. The first-order valence-corrected chi connectivity index (χ1v) is 7.58. The highest BCUT2D eigenvalue weighted by molar-refractivity contribution is 7.13. The van der Waals surface area contributed by atoms with Crippen LogP contribution in [0.3, 0.4) is 0 Å². The second-order valence-corrected chi connectivity index (χ2v) is 6.05. The molecule has 1 N–H and O–H groups in total. The van der Waals surface area contributed by atoms with E-state index in [0.717, 1.165) is 18.7 Å². The Hall–Kier alpha value is -1.76. The lowest BCUT2D eigenvalue weighted by molar-refractivity contribution is -0.380. The maximum Gasteiger partial charge on any atom is 0.324 e. The third-order valence-corrected chi connectivity index (χ3v) is 4.00. The van der Waals surface area contributed by atoms with Crippen molar-refractivity contribution < 1.29 is 4.92 Å². The third-order valence-electron chi connectivity index (χ3n) is 3.07. The minimum absolute atomic E-state index is 0.194. The van der Waals surface area contributed by atoms with Crippen molar-refractivity contribution in [1.29, 1.82) is 0 Å². The van der Waals surface area contributed by atoms with E-state index in [4.69, 9.17) is 0 Å². The minimum atomic E-state index is -0.347. The van der Waals surface area contributed by atoms with Crippen LogP contribution < -0.4 is 5.32 Å². The summed E-state index contributed by atoms with van der Waals surface area (Å²) in [5.74, 6) is 0. The van der Waals surface area contributed by atoms with Crippen molar-refractivity contribution in [1.82, 2.24) is 10.2 Å². The van der Waals surface area contributed by atoms with Gasteiger partial charge in [-0.3, -0.25) is 10.1 Å². The van der Waals surface area contributed by atoms with E-state index in [1.807, 2.05) is 17.5 Å². The highest BCUT2D eigenvalue weighted by Gasteiger charge is 2.09. The molecule has 0 aliphatic heterocycles. The molecular formula is C15H19N3O2S. The Morgan fingerprint density at radius 2 is 1.95 bits per heavy atom. The topological polar surface area (TPSA) is 58.4 Å². The van der Waals surface area contributed by atoms with Crippen LogP contribution in [0.15, 0.2) is 35.7 Å². The number of nitrogens with zero attached hydrogens (tertiary/aromatic N) is 2. The summed E-state index contributed by atoms with van der Waals surface area (Å²) in [6.07, 6.45) is 0. The highest BCUT2D eigenvalue weighted by atomic mass is 32.1. The molecule has 0 aliphatic rings. The van der Waals surface area contributed by atoms with Gasteiger partial charge in [-0.05, 0) is 30.8 Å². The normalized spacial score (nSPS) is 11.0. The fourth-order valence-electron chi connectivity index (χ4n) is 2.12. The molecule has 0 amide bonds. The van der Waals surface area contributed by atoms with E-state index in [9.17, 15) is 10.1 Å². The molecule has 0 saturated carbocycles. The van der Waals surface area contributed by atoms with Gasteiger partial charge in [0.15, 0.2) is 0 Å². The van der Waals surface area contributed by atoms with E-state index in [-0.39, 0.29) is 9.92 Å². The van der Waals surface area contributed by atoms with Gasteiger partial charge in [0.05, 0.1) is 4.92 Å². The zero-order valence-corrected chi connectivity index (χ0v) is 13.0. The van der Waals surface area contributed by atoms with Crippen molar-refractivity contribution in [3.05, 3.63) is 62.5 Å². The summed E-state index contributed by atoms with van der Waals surface area (Å²) < 4.78 is 0. The van der Waals surface area contributed by atoms with Gasteiger partial charge in [-0.2, -0.15) is 0 Å². The largest absolute Gasteiger partial charge is 0.324 e. The minimum Gasteiger partial charge on any atom is -0.309 e. The van der Waals surface area contributed by atoms with Gasteiger partial charge in [0.2, 0.25) is 0 Å². The molecule has 112 valence electrons. The standard InChI is InChI=1S/C15H19N3O2S/c1-17(2)10-14-6-4-3-5-13(14)9-16-8-12-7-15(18(19)20)21-11-12/h3-7,11,16H,8-10H2,1-2H3. The predicted molar refractivity (Wildman–Crippen MR) is 85.4 cm³/mol. The summed E-state index contributed by atoms with van der Waals surface area (Å²) in [5, 5.41) is 16.0. The monoisotopic (exact) mass is 305 g/mol. The lowest BCUT2D eigenvalue weighted by Gasteiger charge is -2.14. The molecule has 5 nitrogen and oxygen atoms in total. The average molecular weight is 305 g/mol. The van der Waals surface area contributed by atoms with Crippen LogP contribution in [0, 0.1) is 10.1 Å². The lowest BCUT2D eigenvalue weighted by atomic mass is 10.1. The Bertz CT molecular complexity index is 610. The molecule has 0 aliphatic carbocycles. The molecule has 0 saturated heterocycles. The molecule has 0 atom stereocenters. The molecule has 0 spiro atoms. The van der Waals surface area contributed by atoms with Crippen LogP contribution in [-0.2, 0) is 19.6 Å². The lowest BCUT2D eigenvalue weighted by Crippen LogP contribution is -2.17. The molecule has 6 heteroatoms. The fourth-order valence-corrected chi connectivity index (χ4v) is 2.85. The van der Waals surface area contributed by atoms with Gasteiger partial charge in [0.25, 0.3) is 0 Å². The second kappa shape index (κ2) is 7.31. The molecule has 1 heterocycles. The predicted octanol–water partition coefficient (Wildman–Crippen LogP) is 3.01. The summed E-state index contributed by atoms with van der Waals surface area (Å²) >= 11 is 1.17. The van der Waals surface area contributed by atoms with Crippen molar-refractivity contribution in [2.24, 2.45) is 0 Å². The first-order valence-electron chi connectivity index (χ1n) is 6.70. The van der Waals surface area contributed by atoms with Crippen molar-refractivity contribution in [2.75, 3.05) is 14.1 Å². The van der Waals surface area contributed by atoms with Gasteiger partial charge < -0.3 is 10.2 Å². The number of benzene rings is 1. The zero-order valence-electron chi connectivity index (χ0n) is 12.2. The maximum absolute atomic E-state index is 10.6. The second-order valence-electron chi connectivity index (χ2n) is 5.16. The van der Waals surface area contributed by atoms with Gasteiger partial charge in [-0.25, -0.2) is 0 Å². The number of thiophene rings is 1. The van der Waals surface area contributed by atoms with Gasteiger partial charge in [-0.15, -0.1) is 0 Å². The van der Waals surface area contributed by atoms with Crippen molar-refractivity contribution in [3.8, 4) is 0 Å². The SMILES string of the molecule is CN(C)Cc1ccccc1CNCc1csc([N+](=O)[O-])c1. The molecule has 1 aromatic heterocycles. The Labute approximate surface area is 128 Å². The number of hydrogen-bond acceptors (Lipinski definition) is 5. The van der Waals surface area contributed by atoms with E-state index in [2.05, 4.69) is 36.4 Å². The number of nitrogens with one attached hydrogen (secondary N) is 1. The van der Waals surface area contributed by atoms with E-state index in [0.29, 0.717) is 6.54 Å². The van der Waals surface area contributed by atoms with Crippen LogP contribution in [-0.4, -0.2) is 23.9 Å². The van der Waals surface area contributed by atoms with E-state index >= 15 is 0 Å². The van der Waals surface area contributed by atoms with Crippen molar-refractivity contribution in [3.63, 3.8) is 0 Å². The summed E-state index contributed by atoms with van der Waals surface area (Å²) in [6, 6.07) is 9.95. The van der Waals surface area contributed by atoms with Gasteiger partial charge in [0.1, 0.15) is 0 Å². The van der Waals surface area contributed by atoms with E-state index in [1.165, 1.54) is 22.5 Å². The molecule has 2 aromatic rings. The Morgan fingerprint density at radius 1 is 1.24 bits per heavy atom. The van der Waals surface area contributed by atoms with Crippen LogP contribution >= 0.6 is 11.3 Å². The van der Waals surface area contributed by atoms with Gasteiger partial charge in [0, 0.05) is 31.1 Å². The van der Waals surface area contributed by atoms with Gasteiger partial charge >= 0.3 is 5.00 Å². The van der Waals surface area contributed by atoms with Crippen LogP contribution in [0.1, 0.15) is 16.7 Å². The van der Waals surface area contributed by atoms with E-state index in [1.54, 1.807) is 6.07 Å². The number of nitro groups is 1. The Morgan fingerprint density at radius 3 is 2.57 bits per heavy atom. The first kappa shape index (κ1) is 15.6. The molecule has 0 bridgehead atoms. The van der Waals surface area contributed by atoms with Crippen LogP contribution in [0.25, 0.3) is 0 Å². The quantitative estimate of drug-likeness (QED) is 0.631. The number of hydrogen-bond donors (Lipinski definition) is 1. The maximum atomic E-state index is 10.6. The first-order chi connectivity index (χ1) is 10.1. The highest BCUT2D eigenvalue weighted by Crippen LogP contribution is 2.22. The smallest absolute Gasteiger partial charge is 0.309 e. The van der Waals surface area contributed by atoms with Crippen LogP contribution in [0.2, 0.25) is 0 Å². The Kier molecular flexibility index (Phi) is 5.44. The molecule has 0 unspecified atom stereocenters.